The molecule has 4 nitrogen and oxygen atoms in total. The first kappa shape index (κ1) is 6.80. The SMILES string of the molecule is C/C(=N\O)c1ncc(C)[nH]1. The third-order valence-electron chi connectivity index (χ3n) is 1.20. The van der Waals surface area contributed by atoms with Crippen LogP contribution >= 0.6 is 0 Å². The Morgan fingerprint density at radius 2 is 2.50 bits per heavy atom. The minimum absolute atomic E-state index is 0.494. The summed E-state index contributed by atoms with van der Waals surface area (Å²) in [6.45, 7) is 3.57. The highest BCUT2D eigenvalue weighted by molar-refractivity contribution is 5.94. The van der Waals surface area contributed by atoms with Crippen molar-refractivity contribution in [2.75, 3.05) is 0 Å². The van der Waals surface area contributed by atoms with E-state index < -0.39 is 0 Å². The predicted molar refractivity (Wildman–Crippen MR) is 37.3 cm³/mol. The Morgan fingerprint density at radius 3 is 2.90 bits per heavy atom. The zero-order valence-electron chi connectivity index (χ0n) is 5.92. The molecule has 0 saturated heterocycles. The van der Waals surface area contributed by atoms with Gasteiger partial charge in [-0.1, -0.05) is 5.16 Å². The molecule has 0 saturated carbocycles. The molecule has 0 unspecified atom stereocenters. The van der Waals surface area contributed by atoms with E-state index in [2.05, 4.69) is 15.1 Å². The molecule has 1 heterocycles. The number of oxime groups is 1. The predicted octanol–water partition coefficient (Wildman–Crippen LogP) is 0.916. The fraction of sp³-hybridized carbons (Fsp3) is 0.333. The van der Waals surface area contributed by atoms with Crippen LogP contribution in [0.3, 0.4) is 0 Å². The van der Waals surface area contributed by atoms with E-state index in [1.807, 2.05) is 6.92 Å². The lowest BCUT2D eigenvalue weighted by molar-refractivity contribution is 0.318. The molecule has 4 heteroatoms. The third kappa shape index (κ3) is 1.15. The Kier molecular flexibility index (Phi) is 1.71. The van der Waals surface area contributed by atoms with Crippen molar-refractivity contribution in [1.29, 1.82) is 0 Å². The molecule has 0 atom stereocenters. The monoisotopic (exact) mass is 139 g/mol. The minimum Gasteiger partial charge on any atom is -0.411 e. The molecule has 0 radical (unpaired) electrons. The quantitative estimate of drug-likeness (QED) is 0.345. The van der Waals surface area contributed by atoms with Crippen LogP contribution in [-0.2, 0) is 0 Å². The van der Waals surface area contributed by atoms with Crippen LogP contribution in [0.25, 0.3) is 0 Å². The molecule has 1 aromatic heterocycles. The summed E-state index contributed by atoms with van der Waals surface area (Å²) in [4.78, 5) is 6.86. The van der Waals surface area contributed by atoms with Crippen molar-refractivity contribution in [1.82, 2.24) is 9.97 Å². The molecule has 1 aromatic rings. The first-order valence-corrected chi connectivity index (χ1v) is 2.94. The summed E-state index contributed by atoms with van der Waals surface area (Å²) in [5.41, 5.74) is 1.45. The molecular formula is C6H9N3O. The highest BCUT2D eigenvalue weighted by Gasteiger charge is 1.99. The van der Waals surface area contributed by atoms with Crippen LogP contribution in [0.2, 0.25) is 0 Å². The largest absolute Gasteiger partial charge is 0.411 e. The number of H-pyrrole nitrogens is 1. The molecule has 0 amide bonds. The van der Waals surface area contributed by atoms with Crippen molar-refractivity contribution in [2.24, 2.45) is 5.16 Å². The normalized spacial score (nSPS) is 12.0. The zero-order valence-corrected chi connectivity index (χ0v) is 5.92. The molecule has 0 aromatic carbocycles. The Hall–Kier alpha value is -1.32. The number of aryl methyl sites for hydroxylation is 1. The van der Waals surface area contributed by atoms with Crippen molar-refractivity contribution >= 4 is 5.71 Å². The highest BCUT2D eigenvalue weighted by Crippen LogP contribution is 1.95. The summed E-state index contributed by atoms with van der Waals surface area (Å²) in [7, 11) is 0. The molecule has 0 aliphatic heterocycles. The van der Waals surface area contributed by atoms with Crippen molar-refractivity contribution in [2.45, 2.75) is 13.8 Å². The van der Waals surface area contributed by atoms with Gasteiger partial charge in [-0.05, 0) is 13.8 Å². The van der Waals surface area contributed by atoms with Crippen LogP contribution in [-0.4, -0.2) is 20.9 Å². The maximum Gasteiger partial charge on any atom is 0.155 e. The van der Waals surface area contributed by atoms with Crippen molar-refractivity contribution < 1.29 is 5.21 Å². The number of imidazole rings is 1. The van der Waals surface area contributed by atoms with Crippen molar-refractivity contribution in [3.63, 3.8) is 0 Å². The molecule has 2 N–H and O–H groups in total. The van der Waals surface area contributed by atoms with Gasteiger partial charge in [-0.2, -0.15) is 0 Å². The van der Waals surface area contributed by atoms with Gasteiger partial charge < -0.3 is 10.2 Å². The van der Waals surface area contributed by atoms with Gasteiger partial charge in [-0.25, -0.2) is 4.98 Å². The topological polar surface area (TPSA) is 61.3 Å². The number of rotatable bonds is 1. The third-order valence-corrected chi connectivity index (χ3v) is 1.20. The molecular weight excluding hydrogens is 130 g/mol. The van der Waals surface area contributed by atoms with Gasteiger partial charge in [0, 0.05) is 11.9 Å². The minimum atomic E-state index is 0.494. The van der Waals surface area contributed by atoms with E-state index in [1.165, 1.54) is 0 Å². The fourth-order valence-corrected chi connectivity index (χ4v) is 0.644. The number of nitrogens with zero attached hydrogens (tertiary/aromatic N) is 2. The molecule has 0 bridgehead atoms. The van der Waals surface area contributed by atoms with Gasteiger partial charge in [0.2, 0.25) is 0 Å². The standard InChI is InChI=1S/C6H9N3O/c1-4-3-7-6(8-4)5(2)9-10/h3,10H,1-2H3,(H,7,8)/b9-5+. The summed E-state index contributed by atoms with van der Waals surface area (Å²) in [6, 6.07) is 0. The van der Waals surface area contributed by atoms with Crippen LogP contribution in [0.1, 0.15) is 18.4 Å². The summed E-state index contributed by atoms with van der Waals surface area (Å²) in [5.74, 6) is 0.611. The Bertz CT molecular complexity index is 251. The van der Waals surface area contributed by atoms with E-state index >= 15 is 0 Å². The fourth-order valence-electron chi connectivity index (χ4n) is 0.644. The van der Waals surface area contributed by atoms with Gasteiger partial charge in [0.15, 0.2) is 5.82 Å². The van der Waals surface area contributed by atoms with E-state index in [0.29, 0.717) is 11.5 Å². The van der Waals surface area contributed by atoms with Gasteiger partial charge in [-0.15, -0.1) is 0 Å². The number of nitrogens with one attached hydrogen (secondary N) is 1. The highest BCUT2D eigenvalue weighted by atomic mass is 16.4. The Labute approximate surface area is 58.6 Å². The second kappa shape index (κ2) is 2.51. The lowest BCUT2D eigenvalue weighted by Gasteiger charge is -1.88. The van der Waals surface area contributed by atoms with Gasteiger partial charge >= 0.3 is 0 Å². The molecule has 1 rings (SSSR count). The summed E-state index contributed by atoms with van der Waals surface area (Å²) in [6.07, 6.45) is 1.68. The van der Waals surface area contributed by atoms with E-state index in [-0.39, 0.29) is 0 Å². The zero-order chi connectivity index (χ0) is 7.56. The van der Waals surface area contributed by atoms with Crippen LogP contribution < -0.4 is 0 Å². The number of aromatic amines is 1. The van der Waals surface area contributed by atoms with Crippen LogP contribution in [0.5, 0.6) is 0 Å². The summed E-state index contributed by atoms with van der Waals surface area (Å²) >= 11 is 0. The van der Waals surface area contributed by atoms with Crippen LogP contribution in [0, 0.1) is 6.92 Å². The Morgan fingerprint density at radius 1 is 1.80 bits per heavy atom. The smallest absolute Gasteiger partial charge is 0.155 e. The van der Waals surface area contributed by atoms with Gasteiger partial charge in [0.05, 0.1) is 0 Å². The summed E-state index contributed by atoms with van der Waals surface area (Å²) < 4.78 is 0. The second-order valence-electron chi connectivity index (χ2n) is 2.10. The molecule has 0 spiro atoms. The number of hydrogen-bond donors (Lipinski definition) is 2. The Balaban J connectivity index is 2.95. The van der Waals surface area contributed by atoms with E-state index in [0.717, 1.165) is 5.69 Å². The van der Waals surface area contributed by atoms with E-state index in [4.69, 9.17) is 5.21 Å². The number of aromatic nitrogens is 2. The lowest BCUT2D eigenvalue weighted by Crippen LogP contribution is -1.96. The average Bonchev–Trinajstić information content (AvgIpc) is 2.34. The van der Waals surface area contributed by atoms with Crippen LogP contribution in [0.15, 0.2) is 11.4 Å². The average molecular weight is 139 g/mol. The number of hydrogen-bond acceptors (Lipinski definition) is 3. The molecule has 0 aliphatic rings. The van der Waals surface area contributed by atoms with E-state index in [1.54, 1.807) is 13.1 Å². The maximum atomic E-state index is 8.33. The molecule has 0 aliphatic carbocycles. The van der Waals surface area contributed by atoms with Gasteiger partial charge in [0.1, 0.15) is 5.71 Å². The molecule has 0 fully saturated rings. The summed E-state index contributed by atoms with van der Waals surface area (Å²) in [5, 5.41) is 11.3. The van der Waals surface area contributed by atoms with Gasteiger partial charge in [0.25, 0.3) is 0 Å². The lowest BCUT2D eigenvalue weighted by atomic mass is 10.4. The van der Waals surface area contributed by atoms with Crippen LogP contribution in [0.4, 0.5) is 0 Å². The maximum absolute atomic E-state index is 8.33. The van der Waals surface area contributed by atoms with Gasteiger partial charge in [-0.3, -0.25) is 0 Å². The first-order chi connectivity index (χ1) is 4.74. The van der Waals surface area contributed by atoms with E-state index in [9.17, 15) is 0 Å². The first-order valence-electron chi connectivity index (χ1n) is 2.94. The van der Waals surface area contributed by atoms with Crippen molar-refractivity contribution in [3.8, 4) is 0 Å². The molecule has 10 heavy (non-hydrogen) atoms. The van der Waals surface area contributed by atoms with Crippen molar-refractivity contribution in [3.05, 3.63) is 17.7 Å². The molecule has 54 valence electrons. The second-order valence-corrected chi connectivity index (χ2v) is 2.10.